The first-order valence-corrected chi connectivity index (χ1v) is 8.66. The van der Waals surface area contributed by atoms with Gasteiger partial charge in [-0.05, 0) is 44.5 Å². The first-order valence-electron chi connectivity index (χ1n) is 7.78. The van der Waals surface area contributed by atoms with Gasteiger partial charge >= 0.3 is 0 Å². The summed E-state index contributed by atoms with van der Waals surface area (Å²) in [4.78, 5) is 19.9. The molecule has 0 spiro atoms. The third kappa shape index (κ3) is 3.76. The molecule has 6 heteroatoms. The highest BCUT2D eigenvalue weighted by Crippen LogP contribution is 2.20. The molecule has 1 saturated heterocycles. The third-order valence-electron chi connectivity index (χ3n) is 4.21. The van der Waals surface area contributed by atoms with Gasteiger partial charge in [-0.25, -0.2) is 9.37 Å². The molecule has 1 fully saturated rings. The number of rotatable bonds is 5. The summed E-state index contributed by atoms with van der Waals surface area (Å²) in [5.74, 6) is -0.296. The van der Waals surface area contributed by atoms with E-state index in [1.54, 1.807) is 28.6 Å². The average Bonchev–Trinajstić information content (AvgIpc) is 3.19. The Morgan fingerprint density at radius 2 is 2.30 bits per heavy atom. The number of halogens is 1. The number of aryl methyl sites for hydroxylation is 1. The number of hydrogen-bond acceptors (Lipinski definition) is 4. The molecule has 0 bridgehead atoms. The fourth-order valence-electron chi connectivity index (χ4n) is 2.86. The molecule has 0 unspecified atom stereocenters. The van der Waals surface area contributed by atoms with Crippen LogP contribution in [0.25, 0.3) is 0 Å². The molecule has 1 amide bonds. The second kappa shape index (κ2) is 7.19. The second-order valence-corrected chi connectivity index (χ2v) is 6.82. The standard InChI is InChI=1S/C17H20FN3OS/c1-12-16(23-11-20-12)10-21(9-13-6-7-19-8-13)17(22)14-4-2-3-5-15(14)18/h2-5,11,13,19H,6-10H2,1H3/t13-/m0/s1. The number of aromatic nitrogens is 1. The molecule has 3 rings (SSSR count). The first-order chi connectivity index (χ1) is 11.1. The van der Waals surface area contributed by atoms with Crippen molar-refractivity contribution in [2.45, 2.75) is 19.9 Å². The Labute approximate surface area is 139 Å². The molecule has 0 radical (unpaired) electrons. The number of carbonyl (C=O) groups excluding carboxylic acids is 1. The highest BCUT2D eigenvalue weighted by Gasteiger charge is 2.25. The maximum atomic E-state index is 14.0. The molecule has 122 valence electrons. The number of amides is 1. The van der Waals surface area contributed by atoms with Crippen LogP contribution in [0, 0.1) is 18.7 Å². The Morgan fingerprint density at radius 1 is 1.48 bits per heavy atom. The summed E-state index contributed by atoms with van der Waals surface area (Å²) in [6.07, 6.45) is 1.04. The molecule has 1 aromatic carbocycles. The van der Waals surface area contributed by atoms with Crippen LogP contribution in [-0.4, -0.2) is 35.4 Å². The van der Waals surface area contributed by atoms with E-state index in [1.165, 1.54) is 17.4 Å². The van der Waals surface area contributed by atoms with Crippen LogP contribution in [0.15, 0.2) is 29.8 Å². The molecule has 1 aromatic heterocycles. The molecular weight excluding hydrogens is 313 g/mol. The van der Waals surface area contributed by atoms with Gasteiger partial charge in [0.05, 0.1) is 23.3 Å². The van der Waals surface area contributed by atoms with Crippen molar-refractivity contribution in [2.75, 3.05) is 19.6 Å². The Hall–Kier alpha value is -1.79. The zero-order valence-corrected chi connectivity index (χ0v) is 13.9. The van der Waals surface area contributed by atoms with Crippen LogP contribution in [0.1, 0.15) is 27.3 Å². The van der Waals surface area contributed by atoms with E-state index in [0.29, 0.717) is 19.0 Å². The van der Waals surface area contributed by atoms with Crippen molar-refractivity contribution in [3.8, 4) is 0 Å². The van der Waals surface area contributed by atoms with Gasteiger partial charge in [-0.15, -0.1) is 11.3 Å². The topological polar surface area (TPSA) is 45.2 Å². The van der Waals surface area contributed by atoms with Gasteiger partial charge in [0.15, 0.2) is 0 Å². The predicted octanol–water partition coefficient (Wildman–Crippen LogP) is 2.84. The molecule has 0 aliphatic carbocycles. The highest BCUT2D eigenvalue weighted by atomic mass is 32.1. The van der Waals surface area contributed by atoms with Crippen LogP contribution in [-0.2, 0) is 6.54 Å². The molecule has 1 N–H and O–H groups in total. The lowest BCUT2D eigenvalue weighted by molar-refractivity contribution is 0.0715. The molecule has 2 heterocycles. The molecular formula is C17H20FN3OS. The van der Waals surface area contributed by atoms with Crippen LogP contribution >= 0.6 is 11.3 Å². The molecule has 1 aliphatic heterocycles. The summed E-state index contributed by atoms with van der Waals surface area (Å²) < 4.78 is 14.0. The summed E-state index contributed by atoms with van der Waals surface area (Å²) in [5, 5.41) is 3.32. The lowest BCUT2D eigenvalue weighted by atomic mass is 10.1. The number of carbonyl (C=O) groups is 1. The van der Waals surface area contributed by atoms with Crippen molar-refractivity contribution in [1.29, 1.82) is 0 Å². The van der Waals surface area contributed by atoms with Crippen molar-refractivity contribution >= 4 is 17.2 Å². The first kappa shape index (κ1) is 16.1. The normalized spacial score (nSPS) is 17.4. The molecule has 1 atom stereocenters. The summed E-state index contributed by atoms with van der Waals surface area (Å²) >= 11 is 1.54. The zero-order chi connectivity index (χ0) is 16.2. The van der Waals surface area contributed by atoms with E-state index in [2.05, 4.69) is 10.3 Å². The summed E-state index contributed by atoms with van der Waals surface area (Å²) in [6, 6.07) is 6.19. The van der Waals surface area contributed by atoms with E-state index in [0.717, 1.165) is 30.1 Å². The van der Waals surface area contributed by atoms with Crippen LogP contribution < -0.4 is 5.32 Å². The largest absolute Gasteiger partial charge is 0.333 e. The third-order valence-corrected chi connectivity index (χ3v) is 5.13. The minimum Gasteiger partial charge on any atom is -0.333 e. The second-order valence-electron chi connectivity index (χ2n) is 5.89. The number of nitrogens with zero attached hydrogens (tertiary/aromatic N) is 2. The number of nitrogens with one attached hydrogen (secondary N) is 1. The highest BCUT2D eigenvalue weighted by molar-refractivity contribution is 7.09. The van der Waals surface area contributed by atoms with Crippen LogP contribution in [0.5, 0.6) is 0 Å². The monoisotopic (exact) mass is 333 g/mol. The fraction of sp³-hybridized carbons (Fsp3) is 0.412. The minimum absolute atomic E-state index is 0.139. The minimum atomic E-state index is -0.465. The van der Waals surface area contributed by atoms with E-state index in [1.807, 2.05) is 6.92 Å². The lowest BCUT2D eigenvalue weighted by Crippen LogP contribution is -2.36. The van der Waals surface area contributed by atoms with Crippen molar-refractivity contribution in [2.24, 2.45) is 5.92 Å². The maximum absolute atomic E-state index is 14.0. The molecule has 0 saturated carbocycles. The number of thiazole rings is 1. The van der Waals surface area contributed by atoms with E-state index in [-0.39, 0.29) is 11.5 Å². The van der Waals surface area contributed by atoms with E-state index in [9.17, 15) is 9.18 Å². The van der Waals surface area contributed by atoms with Gasteiger partial charge in [0, 0.05) is 11.4 Å². The molecule has 2 aromatic rings. The van der Waals surface area contributed by atoms with Crippen molar-refractivity contribution in [1.82, 2.24) is 15.2 Å². The van der Waals surface area contributed by atoms with Gasteiger partial charge in [0.2, 0.25) is 0 Å². The van der Waals surface area contributed by atoms with E-state index in [4.69, 9.17) is 0 Å². The smallest absolute Gasteiger partial charge is 0.257 e. The van der Waals surface area contributed by atoms with E-state index < -0.39 is 5.82 Å². The van der Waals surface area contributed by atoms with Gasteiger partial charge in [-0.2, -0.15) is 0 Å². The average molecular weight is 333 g/mol. The molecule has 23 heavy (non-hydrogen) atoms. The Morgan fingerprint density at radius 3 is 2.96 bits per heavy atom. The SMILES string of the molecule is Cc1ncsc1CN(C[C@H]1CCNC1)C(=O)c1ccccc1F. The lowest BCUT2D eigenvalue weighted by Gasteiger charge is -2.25. The van der Waals surface area contributed by atoms with Gasteiger partial charge in [-0.3, -0.25) is 4.79 Å². The van der Waals surface area contributed by atoms with Crippen LogP contribution in [0.2, 0.25) is 0 Å². The quantitative estimate of drug-likeness (QED) is 0.915. The predicted molar refractivity (Wildman–Crippen MR) is 89.0 cm³/mol. The van der Waals surface area contributed by atoms with Crippen molar-refractivity contribution < 1.29 is 9.18 Å². The Bertz CT molecular complexity index is 682. The summed E-state index contributed by atoms with van der Waals surface area (Å²) in [5.41, 5.74) is 2.86. The summed E-state index contributed by atoms with van der Waals surface area (Å²) in [7, 11) is 0. The maximum Gasteiger partial charge on any atom is 0.257 e. The van der Waals surface area contributed by atoms with Crippen molar-refractivity contribution in [3.05, 3.63) is 51.7 Å². The van der Waals surface area contributed by atoms with Gasteiger partial charge in [-0.1, -0.05) is 12.1 Å². The Balaban J connectivity index is 1.83. The van der Waals surface area contributed by atoms with Crippen LogP contribution in [0.4, 0.5) is 4.39 Å². The summed E-state index contributed by atoms with van der Waals surface area (Å²) in [6.45, 7) is 4.95. The zero-order valence-electron chi connectivity index (χ0n) is 13.1. The Kier molecular flexibility index (Phi) is 5.03. The molecule has 1 aliphatic rings. The van der Waals surface area contributed by atoms with Gasteiger partial charge in [0.1, 0.15) is 5.82 Å². The molecule has 4 nitrogen and oxygen atoms in total. The number of benzene rings is 1. The van der Waals surface area contributed by atoms with Crippen LogP contribution in [0.3, 0.4) is 0 Å². The number of hydrogen-bond donors (Lipinski definition) is 1. The van der Waals surface area contributed by atoms with Gasteiger partial charge < -0.3 is 10.2 Å². The van der Waals surface area contributed by atoms with Crippen molar-refractivity contribution in [3.63, 3.8) is 0 Å². The fourth-order valence-corrected chi connectivity index (χ4v) is 3.65. The van der Waals surface area contributed by atoms with Gasteiger partial charge in [0.25, 0.3) is 5.91 Å². The van der Waals surface area contributed by atoms with E-state index >= 15 is 0 Å².